The molecule has 0 aliphatic rings. The lowest BCUT2D eigenvalue weighted by Gasteiger charge is -2.30. The van der Waals surface area contributed by atoms with E-state index in [-0.39, 0.29) is 12.8 Å². The van der Waals surface area contributed by atoms with E-state index in [2.05, 4.69) is 23.3 Å². The van der Waals surface area contributed by atoms with Crippen LogP contribution < -0.4 is 0 Å². The first-order valence-electron chi connectivity index (χ1n) is 8.29. The van der Waals surface area contributed by atoms with Crippen molar-refractivity contribution in [3.05, 3.63) is 11.6 Å². The molecule has 0 aromatic rings. The van der Waals surface area contributed by atoms with Crippen molar-refractivity contribution in [3.63, 3.8) is 0 Å². The van der Waals surface area contributed by atoms with Gasteiger partial charge in [-0.05, 0) is 39.0 Å². The smallest absolute Gasteiger partial charge is 0.341 e. The van der Waals surface area contributed by atoms with E-state index in [0.717, 1.165) is 31.8 Å². The van der Waals surface area contributed by atoms with E-state index in [9.17, 15) is 26.3 Å². The van der Waals surface area contributed by atoms with Crippen molar-refractivity contribution >= 4 is 0 Å². The summed E-state index contributed by atoms with van der Waals surface area (Å²) in [5, 5.41) is 0. The van der Waals surface area contributed by atoms with Crippen LogP contribution in [0.3, 0.4) is 0 Å². The second kappa shape index (κ2) is 10.4. The molecule has 0 aliphatic heterocycles. The third-order valence-electron chi connectivity index (χ3n) is 3.53. The molecule has 0 aromatic heterocycles. The van der Waals surface area contributed by atoms with Crippen LogP contribution in [0.25, 0.3) is 0 Å². The van der Waals surface area contributed by atoms with Crippen LogP contribution in [-0.2, 0) is 9.47 Å². The van der Waals surface area contributed by atoms with E-state index < -0.39 is 31.4 Å². The van der Waals surface area contributed by atoms with Crippen molar-refractivity contribution in [1.29, 1.82) is 0 Å². The van der Waals surface area contributed by atoms with Crippen molar-refractivity contribution in [1.82, 2.24) is 0 Å². The monoisotopic (exact) mass is 378 g/mol. The molecule has 8 heteroatoms. The highest BCUT2D eigenvalue weighted by Crippen LogP contribution is 2.28. The van der Waals surface area contributed by atoms with Gasteiger partial charge in [-0.1, -0.05) is 31.9 Å². The maximum absolute atomic E-state index is 12.3. The van der Waals surface area contributed by atoms with Crippen LogP contribution in [0, 0.1) is 5.92 Å². The number of hydrogen-bond donors (Lipinski definition) is 0. The van der Waals surface area contributed by atoms with Gasteiger partial charge < -0.3 is 9.47 Å². The lowest BCUT2D eigenvalue weighted by Crippen LogP contribution is -2.39. The third-order valence-corrected chi connectivity index (χ3v) is 3.53. The van der Waals surface area contributed by atoms with Gasteiger partial charge in [-0.15, -0.1) is 0 Å². The van der Waals surface area contributed by atoms with Gasteiger partial charge in [-0.25, -0.2) is 0 Å². The molecule has 0 heterocycles. The number of hydrogen-bond acceptors (Lipinski definition) is 2. The van der Waals surface area contributed by atoms with Crippen molar-refractivity contribution in [3.8, 4) is 0 Å². The van der Waals surface area contributed by atoms with Crippen molar-refractivity contribution in [2.45, 2.75) is 77.9 Å². The highest BCUT2D eigenvalue weighted by Gasteiger charge is 2.38. The average Bonchev–Trinajstić information content (AvgIpc) is 2.41. The van der Waals surface area contributed by atoms with Gasteiger partial charge in [0.25, 0.3) is 0 Å². The van der Waals surface area contributed by atoms with Gasteiger partial charge >= 0.3 is 12.4 Å². The summed E-state index contributed by atoms with van der Waals surface area (Å²) in [5.74, 6) is -1.36. The summed E-state index contributed by atoms with van der Waals surface area (Å²) in [4.78, 5) is 0. The van der Waals surface area contributed by atoms with Gasteiger partial charge in [0.05, 0.1) is 0 Å². The quantitative estimate of drug-likeness (QED) is 0.235. The molecule has 0 rings (SSSR count). The summed E-state index contributed by atoms with van der Waals surface area (Å²) in [6.45, 7) is 3.91. The molecule has 0 unspecified atom stereocenters. The maximum atomic E-state index is 12.3. The summed E-state index contributed by atoms with van der Waals surface area (Å²) in [7, 11) is 0. The topological polar surface area (TPSA) is 18.5 Å². The van der Waals surface area contributed by atoms with E-state index in [4.69, 9.17) is 0 Å². The standard InChI is InChI=1S/C17H28F6O2/c1-13(2)7-5-8-14(3)9-6-10-15(4,24-11-16(18,19)20)25-12-17(21,22)23/h9,13H,5-8,10-12H2,1-4H3. The number of ether oxygens (including phenoxy) is 2. The van der Waals surface area contributed by atoms with Gasteiger partial charge in [0.2, 0.25) is 0 Å². The molecular formula is C17H28F6O2. The van der Waals surface area contributed by atoms with Crippen LogP contribution in [0.5, 0.6) is 0 Å². The van der Waals surface area contributed by atoms with Gasteiger partial charge in [-0.3, -0.25) is 0 Å². The van der Waals surface area contributed by atoms with Crippen LogP contribution >= 0.6 is 0 Å². The molecular weight excluding hydrogens is 350 g/mol. The van der Waals surface area contributed by atoms with E-state index in [0.29, 0.717) is 5.92 Å². The number of allylic oxidation sites excluding steroid dienone is 2. The number of rotatable bonds is 11. The molecule has 0 spiro atoms. The van der Waals surface area contributed by atoms with Crippen LogP contribution in [0.1, 0.15) is 59.8 Å². The van der Waals surface area contributed by atoms with Crippen LogP contribution in [0.2, 0.25) is 0 Å². The molecule has 0 saturated heterocycles. The Morgan fingerprint density at radius 3 is 1.84 bits per heavy atom. The summed E-state index contributed by atoms with van der Waals surface area (Å²) in [6.07, 6.45) is -4.37. The second-order valence-corrected chi connectivity index (χ2v) is 6.82. The number of alkyl halides is 6. The molecule has 2 nitrogen and oxygen atoms in total. The summed E-state index contributed by atoms with van der Waals surface area (Å²) < 4.78 is 83.0. The highest BCUT2D eigenvalue weighted by atomic mass is 19.4. The van der Waals surface area contributed by atoms with Crippen LogP contribution in [0.4, 0.5) is 26.3 Å². The molecule has 25 heavy (non-hydrogen) atoms. The predicted octanol–water partition coefficient (Wildman–Crippen LogP) is 6.41. The minimum Gasteiger partial charge on any atom is -0.341 e. The zero-order valence-electron chi connectivity index (χ0n) is 15.2. The fourth-order valence-electron chi connectivity index (χ4n) is 2.13. The van der Waals surface area contributed by atoms with Crippen molar-refractivity contribution < 1.29 is 35.8 Å². The van der Waals surface area contributed by atoms with Gasteiger partial charge in [0.15, 0.2) is 5.79 Å². The molecule has 0 N–H and O–H groups in total. The first-order chi connectivity index (χ1) is 11.2. The minimum atomic E-state index is -4.63. The molecule has 150 valence electrons. The largest absolute Gasteiger partial charge is 0.411 e. The Labute approximate surface area is 145 Å². The molecule has 0 radical (unpaired) electrons. The maximum Gasteiger partial charge on any atom is 0.411 e. The molecule has 0 aliphatic carbocycles. The molecule has 0 bridgehead atoms. The first-order valence-corrected chi connectivity index (χ1v) is 8.29. The fourth-order valence-corrected chi connectivity index (χ4v) is 2.13. The third kappa shape index (κ3) is 15.2. The van der Waals surface area contributed by atoms with Crippen LogP contribution in [0.15, 0.2) is 11.6 Å². The predicted molar refractivity (Wildman–Crippen MR) is 84.1 cm³/mol. The Morgan fingerprint density at radius 1 is 0.960 bits per heavy atom. The SMILES string of the molecule is CC(=CCCC(C)(OCC(F)(F)F)OCC(F)(F)F)CCCC(C)C. The van der Waals surface area contributed by atoms with Crippen LogP contribution in [-0.4, -0.2) is 31.4 Å². The second-order valence-electron chi connectivity index (χ2n) is 6.82. The van der Waals surface area contributed by atoms with Gasteiger partial charge in [0.1, 0.15) is 13.2 Å². The van der Waals surface area contributed by atoms with Crippen molar-refractivity contribution in [2.24, 2.45) is 5.92 Å². The fraction of sp³-hybridized carbons (Fsp3) is 0.882. The lowest BCUT2D eigenvalue weighted by atomic mass is 10.0. The summed E-state index contributed by atoms with van der Waals surface area (Å²) in [5.41, 5.74) is 1.05. The molecule has 0 atom stereocenters. The zero-order valence-corrected chi connectivity index (χ0v) is 15.2. The van der Waals surface area contributed by atoms with E-state index in [1.165, 1.54) is 0 Å². The Kier molecular flexibility index (Phi) is 10.1. The Morgan fingerprint density at radius 2 is 1.44 bits per heavy atom. The lowest BCUT2D eigenvalue weighted by molar-refractivity contribution is -0.305. The average molecular weight is 378 g/mol. The van der Waals surface area contributed by atoms with Crippen molar-refractivity contribution in [2.75, 3.05) is 13.2 Å². The highest BCUT2D eigenvalue weighted by molar-refractivity contribution is 4.98. The normalized spacial score (nSPS) is 14.4. The molecule has 0 saturated carbocycles. The molecule has 0 fully saturated rings. The van der Waals surface area contributed by atoms with E-state index in [1.54, 1.807) is 0 Å². The molecule has 0 amide bonds. The van der Waals surface area contributed by atoms with E-state index in [1.807, 2.05) is 13.0 Å². The summed E-state index contributed by atoms with van der Waals surface area (Å²) in [6, 6.07) is 0. The Balaban J connectivity index is 4.60. The minimum absolute atomic E-state index is 0.0965. The first kappa shape index (κ1) is 24.2. The Hall–Kier alpha value is -0.760. The van der Waals surface area contributed by atoms with E-state index >= 15 is 0 Å². The Bertz CT molecular complexity index is 381. The number of halogens is 6. The zero-order chi connectivity index (χ0) is 19.7. The summed E-state index contributed by atoms with van der Waals surface area (Å²) >= 11 is 0. The van der Waals surface area contributed by atoms with Gasteiger partial charge in [0, 0.05) is 6.42 Å². The van der Waals surface area contributed by atoms with Gasteiger partial charge in [-0.2, -0.15) is 26.3 Å². The molecule has 0 aromatic carbocycles.